The molecule has 2 aromatic rings. The molecule has 1 aliphatic carbocycles. The van der Waals surface area contributed by atoms with Crippen LogP contribution < -0.4 is 4.74 Å². The molecule has 0 amide bonds. The first kappa shape index (κ1) is 17.3. The number of hydrogen-bond acceptors (Lipinski definition) is 3. The summed E-state index contributed by atoms with van der Waals surface area (Å²) in [6, 6.07) is 11.9. The molecule has 0 radical (unpaired) electrons. The average Bonchev–Trinajstić information content (AvgIpc) is 2.66. The van der Waals surface area contributed by atoms with Gasteiger partial charge in [-0.1, -0.05) is 44.2 Å². The Labute approximate surface area is 157 Å². The summed E-state index contributed by atoms with van der Waals surface area (Å²) in [6.45, 7) is 5.18. The molecule has 1 unspecified atom stereocenters. The molecule has 0 fully saturated rings. The van der Waals surface area contributed by atoms with E-state index in [9.17, 15) is 14.7 Å². The molecule has 4 rings (SSSR count). The minimum Gasteiger partial charge on any atom is -0.493 e. The van der Waals surface area contributed by atoms with E-state index in [0.717, 1.165) is 35.5 Å². The van der Waals surface area contributed by atoms with Gasteiger partial charge in [0.05, 0.1) is 12.2 Å². The second kappa shape index (κ2) is 6.26. The normalized spacial score (nSPS) is 19.5. The molecule has 0 spiro atoms. The van der Waals surface area contributed by atoms with E-state index >= 15 is 0 Å². The molecular formula is C23H20O4. The first-order valence-corrected chi connectivity index (χ1v) is 8.99. The van der Waals surface area contributed by atoms with Gasteiger partial charge < -0.3 is 9.84 Å². The highest BCUT2D eigenvalue weighted by Crippen LogP contribution is 2.41. The second-order valence-corrected chi connectivity index (χ2v) is 7.69. The second-order valence-electron chi connectivity index (χ2n) is 7.69. The van der Waals surface area contributed by atoms with E-state index in [-0.39, 0.29) is 11.0 Å². The lowest BCUT2D eigenvalue weighted by molar-refractivity contribution is -0.138. The number of carboxylic acids is 1. The molecule has 1 atom stereocenters. The van der Waals surface area contributed by atoms with E-state index in [0.29, 0.717) is 5.56 Å². The number of fused-ring (bicyclic) bond motifs is 2. The van der Waals surface area contributed by atoms with Crippen LogP contribution >= 0.6 is 0 Å². The number of carboxylic acid groups (broad SMARTS) is 1. The van der Waals surface area contributed by atoms with Crippen molar-refractivity contribution in [1.29, 1.82) is 0 Å². The molecule has 2 aromatic carbocycles. The quantitative estimate of drug-likeness (QED) is 0.809. The van der Waals surface area contributed by atoms with E-state index in [1.165, 1.54) is 5.56 Å². The van der Waals surface area contributed by atoms with Crippen molar-refractivity contribution in [3.63, 3.8) is 0 Å². The van der Waals surface area contributed by atoms with Crippen LogP contribution in [-0.4, -0.2) is 23.6 Å². The fourth-order valence-corrected chi connectivity index (χ4v) is 3.83. The van der Waals surface area contributed by atoms with Crippen molar-refractivity contribution in [2.24, 2.45) is 5.92 Å². The van der Waals surface area contributed by atoms with Gasteiger partial charge in [0.2, 0.25) is 0 Å². The van der Waals surface area contributed by atoms with Crippen LogP contribution in [0.15, 0.2) is 42.5 Å². The monoisotopic (exact) mass is 360 g/mol. The number of carbonyl (C=O) groups is 1. The van der Waals surface area contributed by atoms with E-state index in [4.69, 9.17) is 4.74 Å². The molecule has 27 heavy (non-hydrogen) atoms. The predicted octanol–water partition coefficient (Wildman–Crippen LogP) is 4.36. The van der Waals surface area contributed by atoms with Crippen LogP contribution in [0.3, 0.4) is 0 Å². The lowest BCUT2D eigenvalue weighted by Gasteiger charge is -2.32. The largest absolute Gasteiger partial charge is 0.493 e. The van der Waals surface area contributed by atoms with E-state index in [2.05, 4.69) is 19.9 Å². The lowest BCUT2D eigenvalue weighted by atomic mass is 9.78. The summed E-state index contributed by atoms with van der Waals surface area (Å²) >= 11 is 0. The molecule has 0 saturated carbocycles. The topological polar surface area (TPSA) is 63.6 Å². The fraction of sp³-hybridized carbons (Fsp3) is 0.261. The third kappa shape index (κ3) is 2.88. The maximum Gasteiger partial charge on any atom is 0.315 e. The van der Waals surface area contributed by atoms with Crippen molar-refractivity contribution in [1.82, 2.24) is 0 Å². The van der Waals surface area contributed by atoms with Crippen molar-refractivity contribution < 1.29 is 19.4 Å². The number of carbonyl (C=O) groups excluding carboxylic acids is 1. The Kier molecular flexibility index (Phi) is 4.01. The zero-order valence-corrected chi connectivity index (χ0v) is 15.3. The molecule has 1 heterocycles. The van der Waals surface area contributed by atoms with E-state index in [1.807, 2.05) is 36.3 Å². The third-order valence-electron chi connectivity index (χ3n) is 5.52. The van der Waals surface area contributed by atoms with Gasteiger partial charge in [-0.15, -0.1) is 0 Å². The van der Waals surface area contributed by atoms with Crippen LogP contribution in [0.5, 0.6) is 5.75 Å². The number of benzene rings is 2. The first-order chi connectivity index (χ1) is 12.9. The van der Waals surface area contributed by atoms with Gasteiger partial charge in [0, 0.05) is 5.56 Å². The van der Waals surface area contributed by atoms with Crippen molar-refractivity contribution in [3.05, 3.63) is 59.2 Å². The molecule has 1 N–H and O–H groups in total. The average molecular weight is 360 g/mol. The first-order valence-electron chi connectivity index (χ1n) is 8.99. The van der Waals surface area contributed by atoms with Gasteiger partial charge in [0.1, 0.15) is 17.6 Å². The SMILES string of the molecule is CC1(C)CCOc2ccc(-c3ccc4c(c3)C=CC(C(=O)O)C4=C=O)cc21. The van der Waals surface area contributed by atoms with Crippen molar-refractivity contribution in [2.45, 2.75) is 25.7 Å². The highest BCUT2D eigenvalue weighted by atomic mass is 16.5. The van der Waals surface area contributed by atoms with Crippen LogP contribution in [0.25, 0.3) is 22.8 Å². The molecular weight excluding hydrogens is 340 g/mol. The van der Waals surface area contributed by atoms with Crippen molar-refractivity contribution >= 4 is 23.6 Å². The van der Waals surface area contributed by atoms with Gasteiger partial charge in [-0.05, 0) is 52.3 Å². The fourth-order valence-electron chi connectivity index (χ4n) is 3.83. The molecule has 4 nitrogen and oxygen atoms in total. The van der Waals surface area contributed by atoms with Gasteiger partial charge in [-0.3, -0.25) is 4.79 Å². The number of hydrogen-bond donors (Lipinski definition) is 1. The predicted molar refractivity (Wildman–Crippen MR) is 104 cm³/mol. The van der Waals surface area contributed by atoms with Crippen molar-refractivity contribution in [2.75, 3.05) is 6.61 Å². The molecule has 136 valence electrons. The minimum absolute atomic E-state index is 0.0554. The summed E-state index contributed by atoms with van der Waals surface area (Å²) in [5.74, 6) is 0.767. The highest BCUT2D eigenvalue weighted by molar-refractivity contribution is 6.04. The molecule has 0 bridgehead atoms. The zero-order chi connectivity index (χ0) is 19.2. The van der Waals surface area contributed by atoms with Crippen LogP contribution in [0.4, 0.5) is 0 Å². The zero-order valence-electron chi connectivity index (χ0n) is 15.3. The Balaban J connectivity index is 1.78. The van der Waals surface area contributed by atoms with Gasteiger partial charge in [-0.25, -0.2) is 4.79 Å². The van der Waals surface area contributed by atoms with Crippen LogP contribution in [0.1, 0.15) is 37.0 Å². The third-order valence-corrected chi connectivity index (χ3v) is 5.52. The standard InChI is InChI=1S/C23H20O4/c1-23(2)9-10-27-21-8-5-15(12-20(21)23)14-3-6-17-16(11-14)4-7-18(22(25)26)19(17)13-24/h3-8,11-12,18H,9-10H2,1-2H3,(H,25,26). The van der Waals surface area contributed by atoms with Crippen LogP contribution in [0.2, 0.25) is 0 Å². The number of ether oxygens (including phenoxy) is 1. The Morgan fingerprint density at radius 3 is 2.67 bits per heavy atom. The summed E-state index contributed by atoms with van der Waals surface area (Å²) in [4.78, 5) is 22.7. The Hall–Kier alpha value is -3.10. The molecule has 0 aromatic heterocycles. The smallest absolute Gasteiger partial charge is 0.315 e. The number of rotatable bonds is 2. The van der Waals surface area contributed by atoms with E-state index < -0.39 is 11.9 Å². The minimum atomic E-state index is -1.05. The van der Waals surface area contributed by atoms with Crippen LogP contribution in [-0.2, 0) is 15.0 Å². The highest BCUT2D eigenvalue weighted by Gasteiger charge is 2.30. The Morgan fingerprint density at radius 1 is 1.19 bits per heavy atom. The van der Waals surface area contributed by atoms with Gasteiger partial charge in [-0.2, -0.15) is 0 Å². The Morgan fingerprint density at radius 2 is 1.93 bits per heavy atom. The summed E-state index contributed by atoms with van der Waals surface area (Å²) in [6.07, 6.45) is 4.28. The van der Waals surface area contributed by atoms with Gasteiger partial charge in [0.25, 0.3) is 0 Å². The van der Waals surface area contributed by atoms with E-state index in [1.54, 1.807) is 12.2 Å². The number of aliphatic carboxylic acids is 1. The van der Waals surface area contributed by atoms with Crippen molar-refractivity contribution in [3.8, 4) is 16.9 Å². The molecule has 0 saturated heterocycles. The summed E-state index contributed by atoms with van der Waals surface area (Å²) < 4.78 is 5.79. The molecule has 1 aliphatic heterocycles. The summed E-state index contributed by atoms with van der Waals surface area (Å²) in [5.41, 5.74) is 4.97. The molecule has 2 aliphatic rings. The maximum absolute atomic E-state index is 11.4. The van der Waals surface area contributed by atoms with Gasteiger partial charge in [0.15, 0.2) is 0 Å². The van der Waals surface area contributed by atoms with Crippen LogP contribution in [0, 0.1) is 5.92 Å². The lowest BCUT2D eigenvalue weighted by Crippen LogP contribution is -2.26. The summed E-state index contributed by atoms with van der Waals surface area (Å²) in [7, 11) is 0. The molecule has 4 heteroatoms. The van der Waals surface area contributed by atoms with Gasteiger partial charge >= 0.3 is 5.97 Å². The maximum atomic E-state index is 11.4. The summed E-state index contributed by atoms with van der Waals surface area (Å²) in [5, 5.41) is 9.30. The Bertz CT molecular complexity index is 1020.